The van der Waals surface area contributed by atoms with Gasteiger partial charge in [0.1, 0.15) is 12.4 Å². The quantitative estimate of drug-likeness (QED) is 0.762. The molecule has 0 heterocycles. The number of aryl methyl sites for hydroxylation is 1. The molecular weight excluding hydrogens is 321 g/mol. The van der Waals surface area contributed by atoms with Crippen molar-refractivity contribution in [1.29, 1.82) is 0 Å². The molecule has 0 fully saturated rings. The number of para-hydroxylation sites is 1. The van der Waals surface area contributed by atoms with Gasteiger partial charge in [-0.25, -0.2) is 0 Å². The highest BCUT2D eigenvalue weighted by Crippen LogP contribution is 2.34. The predicted molar refractivity (Wildman–Crippen MR) is 82.7 cm³/mol. The minimum Gasteiger partial charge on any atom is -0.489 e. The highest BCUT2D eigenvalue weighted by Gasteiger charge is 2.34. The molecule has 6 heteroatoms. The highest BCUT2D eigenvalue weighted by molar-refractivity contribution is 5.73. The molecule has 2 rings (SSSR count). The first kappa shape index (κ1) is 17.8. The molecule has 2 aromatic rings. The van der Waals surface area contributed by atoms with Crippen molar-refractivity contribution in [2.75, 3.05) is 7.11 Å². The minimum absolute atomic E-state index is 0.0568. The Balaban J connectivity index is 2.37. The zero-order valence-corrected chi connectivity index (χ0v) is 13.3. The van der Waals surface area contributed by atoms with Gasteiger partial charge >= 0.3 is 12.1 Å². The van der Waals surface area contributed by atoms with Crippen molar-refractivity contribution < 1.29 is 27.4 Å². The van der Waals surface area contributed by atoms with Crippen LogP contribution in [0.2, 0.25) is 0 Å². The number of esters is 1. The van der Waals surface area contributed by atoms with Crippen molar-refractivity contribution in [3.63, 3.8) is 0 Å². The van der Waals surface area contributed by atoms with E-state index in [1.54, 1.807) is 25.1 Å². The van der Waals surface area contributed by atoms with Gasteiger partial charge in [0.2, 0.25) is 0 Å². The fourth-order valence-corrected chi connectivity index (χ4v) is 2.33. The summed E-state index contributed by atoms with van der Waals surface area (Å²) in [6, 6.07) is 10.8. The zero-order chi connectivity index (χ0) is 17.7. The summed E-state index contributed by atoms with van der Waals surface area (Å²) in [5.74, 6) is -0.107. The second-order valence-corrected chi connectivity index (χ2v) is 5.25. The van der Waals surface area contributed by atoms with E-state index in [1.165, 1.54) is 19.2 Å². The lowest BCUT2D eigenvalue weighted by Crippen LogP contribution is -2.15. The minimum atomic E-state index is -4.53. The molecule has 0 unspecified atom stereocenters. The molecule has 0 aliphatic heterocycles. The second-order valence-electron chi connectivity index (χ2n) is 5.25. The Kier molecular flexibility index (Phi) is 5.49. The second kappa shape index (κ2) is 7.38. The number of hydrogen-bond acceptors (Lipinski definition) is 3. The Morgan fingerprint density at radius 3 is 2.42 bits per heavy atom. The Hall–Kier alpha value is -2.50. The number of ether oxygens (including phenoxy) is 2. The summed E-state index contributed by atoms with van der Waals surface area (Å²) in [5, 5.41) is 0. The number of carbonyl (C=O) groups is 1. The number of alkyl halides is 3. The lowest BCUT2D eigenvalue weighted by Gasteiger charge is -2.18. The topological polar surface area (TPSA) is 35.5 Å². The summed E-state index contributed by atoms with van der Waals surface area (Å²) >= 11 is 0. The third-order valence-electron chi connectivity index (χ3n) is 3.61. The summed E-state index contributed by atoms with van der Waals surface area (Å²) in [5.41, 5.74) is 0.193. The van der Waals surface area contributed by atoms with E-state index in [1.807, 2.05) is 6.07 Å². The maximum absolute atomic E-state index is 13.3. The first-order valence-corrected chi connectivity index (χ1v) is 7.26. The molecule has 0 atom stereocenters. The highest BCUT2D eigenvalue weighted by atomic mass is 19.4. The Morgan fingerprint density at radius 2 is 1.79 bits per heavy atom. The van der Waals surface area contributed by atoms with Crippen LogP contribution in [0.3, 0.4) is 0 Å². The van der Waals surface area contributed by atoms with Crippen molar-refractivity contribution in [3.8, 4) is 5.75 Å². The maximum Gasteiger partial charge on any atom is 0.416 e. The molecule has 0 amide bonds. The standard InChI is InChI=1S/C18H17F3O3/c1-12-6-3-4-9-16(12)24-11-14-13(10-17(22)23-2)7-5-8-15(14)18(19,20)21/h3-9H,10-11H2,1-2H3. The third-order valence-corrected chi connectivity index (χ3v) is 3.61. The van der Waals surface area contributed by atoms with Gasteiger partial charge in [-0.3, -0.25) is 4.79 Å². The fraction of sp³-hybridized carbons (Fsp3) is 0.278. The van der Waals surface area contributed by atoms with Crippen LogP contribution in [-0.2, 0) is 28.7 Å². The summed E-state index contributed by atoms with van der Waals surface area (Å²) in [6.45, 7) is 1.52. The van der Waals surface area contributed by atoms with Gasteiger partial charge in [-0.1, -0.05) is 30.3 Å². The molecule has 0 aromatic heterocycles. The fourth-order valence-electron chi connectivity index (χ4n) is 2.33. The lowest BCUT2D eigenvalue weighted by molar-refractivity contribution is -0.141. The van der Waals surface area contributed by atoms with Crippen molar-refractivity contribution in [3.05, 3.63) is 64.7 Å². The number of benzene rings is 2. The van der Waals surface area contributed by atoms with Gasteiger partial charge in [0, 0.05) is 5.56 Å². The van der Waals surface area contributed by atoms with Crippen LogP contribution in [0.15, 0.2) is 42.5 Å². The molecule has 2 aromatic carbocycles. The lowest BCUT2D eigenvalue weighted by atomic mass is 9.98. The number of rotatable bonds is 5. The van der Waals surface area contributed by atoms with Crippen LogP contribution in [0.4, 0.5) is 13.2 Å². The summed E-state index contributed by atoms with van der Waals surface area (Å²) < 4.78 is 50.0. The van der Waals surface area contributed by atoms with Crippen LogP contribution in [0.5, 0.6) is 5.75 Å². The van der Waals surface area contributed by atoms with Gasteiger partial charge < -0.3 is 9.47 Å². The smallest absolute Gasteiger partial charge is 0.416 e. The molecule has 0 radical (unpaired) electrons. The molecular formula is C18H17F3O3. The Morgan fingerprint density at radius 1 is 1.08 bits per heavy atom. The van der Waals surface area contributed by atoms with Crippen LogP contribution in [0, 0.1) is 6.92 Å². The van der Waals surface area contributed by atoms with Gasteiger partial charge in [-0.05, 0) is 30.2 Å². The molecule has 0 spiro atoms. The van der Waals surface area contributed by atoms with E-state index in [9.17, 15) is 18.0 Å². The summed E-state index contributed by atoms with van der Waals surface area (Å²) in [4.78, 5) is 11.5. The van der Waals surface area contributed by atoms with Crippen LogP contribution in [-0.4, -0.2) is 13.1 Å². The van der Waals surface area contributed by atoms with Gasteiger partial charge in [-0.15, -0.1) is 0 Å². The van der Waals surface area contributed by atoms with Crippen molar-refractivity contribution in [1.82, 2.24) is 0 Å². The summed E-state index contributed by atoms with van der Waals surface area (Å²) in [6.07, 6.45) is -4.77. The van der Waals surface area contributed by atoms with E-state index in [-0.39, 0.29) is 24.2 Å². The van der Waals surface area contributed by atoms with E-state index in [0.29, 0.717) is 5.75 Å². The first-order valence-electron chi connectivity index (χ1n) is 7.26. The monoisotopic (exact) mass is 338 g/mol. The van der Waals surface area contributed by atoms with Crippen molar-refractivity contribution in [2.45, 2.75) is 26.1 Å². The average Bonchev–Trinajstić information content (AvgIpc) is 2.53. The van der Waals surface area contributed by atoms with Crippen molar-refractivity contribution in [2.24, 2.45) is 0 Å². The number of carbonyl (C=O) groups excluding carboxylic acids is 1. The van der Waals surface area contributed by atoms with E-state index in [2.05, 4.69) is 4.74 Å². The molecule has 0 saturated carbocycles. The molecule has 128 valence electrons. The number of halogens is 3. The SMILES string of the molecule is COC(=O)Cc1cccc(C(F)(F)F)c1COc1ccccc1C. The Labute approximate surface area is 138 Å². The van der Waals surface area contributed by atoms with E-state index in [4.69, 9.17) is 4.74 Å². The molecule has 0 aliphatic rings. The predicted octanol–water partition coefficient (Wildman–Crippen LogP) is 4.31. The van der Waals surface area contributed by atoms with E-state index >= 15 is 0 Å². The van der Waals surface area contributed by atoms with Crippen molar-refractivity contribution >= 4 is 5.97 Å². The molecule has 24 heavy (non-hydrogen) atoms. The van der Waals surface area contributed by atoms with E-state index < -0.39 is 17.7 Å². The van der Waals surface area contributed by atoms with Crippen LogP contribution < -0.4 is 4.74 Å². The Bertz CT molecular complexity index is 724. The van der Waals surface area contributed by atoms with Crippen LogP contribution >= 0.6 is 0 Å². The van der Waals surface area contributed by atoms with Gasteiger partial charge in [0.05, 0.1) is 19.1 Å². The summed E-state index contributed by atoms with van der Waals surface area (Å²) in [7, 11) is 1.19. The van der Waals surface area contributed by atoms with Gasteiger partial charge in [0.15, 0.2) is 0 Å². The van der Waals surface area contributed by atoms with E-state index in [0.717, 1.165) is 11.6 Å². The average molecular weight is 338 g/mol. The zero-order valence-electron chi connectivity index (χ0n) is 13.3. The van der Waals surface area contributed by atoms with Crippen LogP contribution in [0.1, 0.15) is 22.3 Å². The molecule has 0 saturated heterocycles. The molecule has 0 N–H and O–H groups in total. The third kappa shape index (κ3) is 4.28. The number of hydrogen-bond donors (Lipinski definition) is 0. The van der Waals surface area contributed by atoms with Gasteiger partial charge in [-0.2, -0.15) is 13.2 Å². The van der Waals surface area contributed by atoms with Crippen LogP contribution in [0.25, 0.3) is 0 Å². The largest absolute Gasteiger partial charge is 0.489 e. The maximum atomic E-state index is 13.3. The first-order chi connectivity index (χ1) is 11.3. The molecule has 0 aliphatic carbocycles. The van der Waals surface area contributed by atoms with Gasteiger partial charge in [0.25, 0.3) is 0 Å². The number of methoxy groups -OCH3 is 1. The molecule has 0 bridgehead atoms. The molecule has 3 nitrogen and oxygen atoms in total. The normalized spacial score (nSPS) is 11.2.